The lowest BCUT2D eigenvalue weighted by molar-refractivity contribution is -0.133. The summed E-state index contributed by atoms with van der Waals surface area (Å²) in [6.07, 6.45) is 8.68. The maximum absolute atomic E-state index is 13.3. The third-order valence-electron chi connectivity index (χ3n) is 7.48. The minimum atomic E-state index is -1.08. The summed E-state index contributed by atoms with van der Waals surface area (Å²) in [4.78, 5) is 53.9. The van der Waals surface area contributed by atoms with E-state index in [1.807, 2.05) is 4.90 Å². The van der Waals surface area contributed by atoms with Crippen LogP contribution in [0.15, 0.2) is 6.07 Å². The van der Waals surface area contributed by atoms with Gasteiger partial charge in [0.2, 0.25) is 11.8 Å². The molecule has 34 heavy (non-hydrogen) atoms. The van der Waals surface area contributed by atoms with Crippen molar-refractivity contribution in [2.24, 2.45) is 0 Å². The number of hydrogen-bond donors (Lipinski definition) is 2. The minimum absolute atomic E-state index is 0.131. The zero-order valence-electron chi connectivity index (χ0n) is 20.3. The highest BCUT2D eigenvalue weighted by atomic mass is 16.2. The fourth-order valence-corrected chi connectivity index (χ4v) is 5.11. The van der Waals surface area contributed by atoms with Crippen LogP contribution in [-0.4, -0.2) is 81.5 Å². The second kappa shape index (κ2) is 10.1. The van der Waals surface area contributed by atoms with Crippen LogP contribution in [0.25, 0.3) is 0 Å². The maximum atomic E-state index is 13.3. The van der Waals surface area contributed by atoms with Crippen LogP contribution in [0.2, 0.25) is 0 Å². The molecule has 1 atom stereocenters. The van der Waals surface area contributed by atoms with Crippen LogP contribution in [-0.2, 0) is 16.1 Å². The fourth-order valence-electron chi connectivity index (χ4n) is 5.11. The fraction of sp³-hybridized carbons (Fsp3) is 0.708. The average Bonchev–Trinajstić information content (AvgIpc) is 3.33. The second-order valence-corrected chi connectivity index (χ2v) is 9.97. The predicted octanol–water partition coefficient (Wildman–Crippen LogP) is 1.31. The van der Waals surface area contributed by atoms with Crippen LogP contribution in [0.3, 0.4) is 0 Å². The molecular weight excluding hydrogens is 436 g/mol. The molecule has 10 nitrogen and oxygen atoms in total. The quantitative estimate of drug-likeness (QED) is 0.458. The summed E-state index contributed by atoms with van der Waals surface area (Å²) in [5, 5.41) is 10.3. The number of amides is 4. The molecular formula is C24H36N6O4. The molecule has 2 fully saturated rings. The first kappa shape index (κ1) is 24.2. The van der Waals surface area contributed by atoms with Gasteiger partial charge < -0.3 is 20.4 Å². The van der Waals surface area contributed by atoms with Crippen molar-refractivity contribution in [2.45, 2.75) is 82.8 Å². The first-order chi connectivity index (χ1) is 16.3. The molecule has 1 saturated heterocycles. The summed E-state index contributed by atoms with van der Waals surface area (Å²) in [6, 6.07) is 1.62. The number of rotatable bonds is 7. The summed E-state index contributed by atoms with van der Waals surface area (Å²) in [6.45, 7) is 3.76. The molecule has 3 heterocycles. The topological polar surface area (TPSA) is 117 Å². The lowest BCUT2D eigenvalue weighted by Gasteiger charge is -2.41. The monoisotopic (exact) mass is 472 g/mol. The summed E-state index contributed by atoms with van der Waals surface area (Å²) in [5.41, 5.74) is -0.629. The standard InChI is InChI=1S/C24H36N6O4/c1-24(23(34)26-17-9-5-3-4-6-10-17)16-30-19(22(33)28(24)2)15-18(27-30)21(32)25-12-8-14-29-13-7-11-20(29)31/h15,17H,3-14,16H2,1-2H3,(H,25,32)(H,26,34)/t24-/m1/s1. The van der Waals surface area contributed by atoms with E-state index in [9.17, 15) is 19.2 Å². The van der Waals surface area contributed by atoms with E-state index in [0.29, 0.717) is 31.6 Å². The molecule has 0 bridgehead atoms. The van der Waals surface area contributed by atoms with Crippen LogP contribution in [0.4, 0.5) is 0 Å². The van der Waals surface area contributed by atoms with Gasteiger partial charge in [-0.05, 0) is 32.6 Å². The lowest BCUT2D eigenvalue weighted by atomic mass is 9.95. The van der Waals surface area contributed by atoms with Crippen LogP contribution in [0.5, 0.6) is 0 Å². The van der Waals surface area contributed by atoms with Crippen molar-refractivity contribution >= 4 is 23.6 Å². The smallest absolute Gasteiger partial charge is 0.272 e. The largest absolute Gasteiger partial charge is 0.351 e. The average molecular weight is 473 g/mol. The van der Waals surface area contributed by atoms with E-state index in [1.165, 1.54) is 28.5 Å². The van der Waals surface area contributed by atoms with Crippen molar-refractivity contribution < 1.29 is 19.2 Å². The van der Waals surface area contributed by atoms with Crippen molar-refractivity contribution in [1.82, 2.24) is 30.2 Å². The first-order valence-corrected chi connectivity index (χ1v) is 12.5. The lowest BCUT2D eigenvalue weighted by Crippen LogP contribution is -2.63. The highest BCUT2D eigenvalue weighted by molar-refractivity contribution is 6.01. The number of likely N-dealkylation sites (tertiary alicyclic amines) is 1. The Labute approximate surface area is 200 Å². The van der Waals surface area contributed by atoms with Crippen LogP contribution in [0.1, 0.15) is 85.7 Å². The molecule has 186 valence electrons. The summed E-state index contributed by atoms with van der Waals surface area (Å²) in [5.74, 6) is -0.709. The molecule has 0 unspecified atom stereocenters. The third-order valence-corrected chi connectivity index (χ3v) is 7.48. The number of likely N-dealkylation sites (N-methyl/N-ethyl adjacent to an activating group) is 1. The molecule has 1 aromatic rings. The normalized spacial score (nSPS) is 23.6. The van der Waals surface area contributed by atoms with Gasteiger partial charge in [-0.2, -0.15) is 5.10 Å². The van der Waals surface area contributed by atoms with Gasteiger partial charge in [-0.3, -0.25) is 23.9 Å². The molecule has 10 heteroatoms. The van der Waals surface area contributed by atoms with Crippen LogP contribution < -0.4 is 10.6 Å². The number of carbonyl (C=O) groups excluding carboxylic acids is 4. The van der Waals surface area contributed by atoms with Gasteiger partial charge in [0.15, 0.2) is 5.69 Å². The minimum Gasteiger partial charge on any atom is -0.351 e. The Morgan fingerprint density at radius 1 is 1.15 bits per heavy atom. The first-order valence-electron chi connectivity index (χ1n) is 12.5. The molecule has 1 aromatic heterocycles. The molecule has 0 aromatic carbocycles. The highest BCUT2D eigenvalue weighted by Gasteiger charge is 2.46. The number of nitrogens with zero attached hydrogens (tertiary/aromatic N) is 4. The molecule has 1 saturated carbocycles. The van der Waals surface area contributed by atoms with E-state index < -0.39 is 5.54 Å². The zero-order chi connectivity index (χ0) is 24.3. The Hall–Kier alpha value is -2.91. The Morgan fingerprint density at radius 3 is 2.56 bits per heavy atom. The predicted molar refractivity (Wildman–Crippen MR) is 125 cm³/mol. The van der Waals surface area contributed by atoms with E-state index in [0.717, 1.165) is 38.6 Å². The molecule has 4 rings (SSSR count). The zero-order valence-corrected chi connectivity index (χ0v) is 20.3. The molecule has 4 amide bonds. The van der Waals surface area contributed by atoms with Gasteiger partial charge in [-0.25, -0.2) is 0 Å². The summed E-state index contributed by atoms with van der Waals surface area (Å²) in [7, 11) is 1.63. The summed E-state index contributed by atoms with van der Waals surface area (Å²) >= 11 is 0. The molecule has 2 N–H and O–H groups in total. The van der Waals surface area contributed by atoms with E-state index >= 15 is 0 Å². The Kier molecular flexibility index (Phi) is 7.23. The Bertz CT molecular complexity index is 951. The van der Waals surface area contributed by atoms with E-state index in [-0.39, 0.29) is 41.9 Å². The van der Waals surface area contributed by atoms with Gasteiger partial charge in [0, 0.05) is 45.2 Å². The molecule has 0 radical (unpaired) electrons. The number of fused-ring (bicyclic) bond motifs is 1. The van der Waals surface area contributed by atoms with Gasteiger partial charge in [0.1, 0.15) is 11.2 Å². The number of hydrogen-bond acceptors (Lipinski definition) is 5. The number of aromatic nitrogens is 2. The molecule has 3 aliphatic rings. The highest BCUT2D eigenvalue weighted by Crippen LogP contribution is 2.27. The number of carbonyl (C=O) groups is 4. The SMILES string of the molecule is CN1C(=O)c2cc(C(=O)NCCCN3CCCC3=O)nn2C[C@]1(C)C(=O)NC1CCCCCC1. The van der Waals surface area contributed by atoms with Crippen molar-refractivity contribution in [1.29, 1.82) is 0 Å². The van der Waals surface area contributed by atoms with Gasteiger partial charge in [-0.1, -0.05) is 25.7 Å². The van der Waals surface area contributed by atoms with E-state index in [4.69, 9.17) is 0 Å². The maximum Gasteiger partial charge on any atom is 0.272 e. The third kappa shape index (κ3) is 4.95. The second-order valence-electron chi connectivity index (χ2n) is 9.97. The Balaban J connectivity index is 1.37. The van der Waals surface area contributed by atoms with Crippen LogP contribution >= 0.6 is 0 Å². The van der Waals surface area contributed by atoms with Crippen LogP contribution in [0, 0.1) is 0 Å². The van der Waals surface area contributed by atoms with Crippen molar-refractivity contribution in [3.63, 3.8) is 0 Å². The van der Waals surface area contributed by atoms with Crippen molar-refractivity contribution in [2.75, 3.05) is 26.7 Å². The summed E-state index contributed by atoms with van der Waals surface area (Å²) < 4.78 is 1.48. The molecule has 1 aliphatic carbocycles. The van der Waals surface area contributed by atoms with Gasteiger partial charge in [0.25, 0.3) is 11.8 Å². The van der Waals surface area contributed by atoms with Gasteiger partial charge in [-0.15, -0.1) is 0 Å². The molecule has 0 spiro atoms. The van der Waals surface area contributed by atoms with Gasteiger partial charge in [0.05, 0.1) is 6.54 Å². The molecule has 2 aliphatic heterocycles. The van der Waals surface area contributed by atoms with Gasteiger partial charge >= 0.3 is 0 Å². The number of nitrogens with one attached hydrogen (secondary N) is 2. The van der Waals surface area contributed by atoms with Crippen molar-refractivity contribution in [3.8, 4) is 0 Å². The van der Waals surface area contributed by atoms with E-state index in [2.05, 4.69) is 15.7 Å². The Morgan fingerprint density at radius 2 is 1.88 bits per heavy atom. The van der Waals surface area contributed by atoms with Crippen molar-refractivity contribution in [3.05, 3.63) is 17.5 Å². The van der Waals surface area contributed by atoms with E-state index in [1.54, 1.807) is 14.0 Å².